The van der Waals surface area contributed by atoms with Crippen molar-refractivity contribution in [1.82, 2.24) is 5.32 Å². The standard InChI is InChI=1S/C16H17FN2O/c1-12(13-6-5-7-14(17)10-13)19-16(20)11-18-15-8-3-2-4-9-15/h2-10,12,18H,11H2,1H3,(H,19,20)/t12-/m1/s1. The molecule has 0 spiro atoms. The first-order valence-electron chi connectivity index (χ1n) is 6.49. The molecule has 3 nitrogen and oxygen atoms in total. The zero-order valence-corrected chi connectivity index (χ0v) is 11.3. The summed E-state index contributed by atoms with van der Waals surface area (Å²) in [6, 6.07) is 15.5. The van der Waals surface area contributed by atoms with Crippen molar-refractivity contribution in [2.24, 2.45) is 0 Å². The molecular formula is C16H17FN2O. The number of nitrogens with one attached hydrogen (secondary N) is 2. The van der Waals surface area contributed by atoms with Gasteiger partial charge in [0.2, 0.25) is 5.91 Å². The fourth-order valence-corrected chi connectivity index (χ4v) is 1.89. The number of halogens is 1. The van der Waals surface area contributed by atoms with Gasteiger partial charge in [0.15, 0.2) is 0 Å². The molecule has 0 aliphatic rings. The molecule has 0 bridgehead atoms. The molecule has 2 N–H and O–H groups in total. The lowest BCUT2D eigenvalue weighted by Crippen LogP contribution is -2.32. The van der Waals surface area contributed by atoms with Crippen LogP contribution in [0, 0.1) is 5.82 Å². The Labute approximate surface area is 117 Å². The molecule has 4 heteroatoms. The number of hydrogen-bond acceptors (Lipinski definition) is 2. The number of para-hydroxylation sites is 1. The smallest absolute Gasteiger partial charge is 0.239 e. The van der Waals surface area contributed by atoms with Gasteiger partial charge in [-0.2, -0.15) is 0 Å². The summed E-state index contributed by atoms with van der Waals surface area (Å²) >= 11 is 0. The molecule has 2 aromatic rings. The van der Waals surface area contributed by atoms with Crippen LogP contribution in [0.2, 0.25) is 0 Å². The van der Waals surface area contributed by atoms with Crippen LogP contribution in [-0.4, -0.2) is 12.5 Å². The van der Waals surface area contributed by atoms with Gasteiger partial charge in [-0.1, -0.05) is 30.3 Å². The van der Waals surface area contributed by atoms with E-state index in [1.165, 1.54) is 12.1 Å². The number of benzene rings is 2. The Bertz CT molecular complexity index is 572. The van der Waals surface area contributed by atoms with E-state index in [1.807, 2.05) is 37.3 Å². The van der Waals surface area contributed by atoms with E-state index in [4.69, 9.17) is 0 Å². The van der Waals surface area contributed by atoms with E-state index in [1.54, 1.807) is 12.1 Å². The summed E-state index contributed by atoms with van der Waals surface area (Å²) in [5.74, 6) is -0.434. The highest BCUT2D eigenvalue weighted by molar-refractivity contribution is 5.81. The summed E-state index contributed by atoms with van der Waals surface area (Å²) in [6.45, 7) is 2.01. The zero-order chi connectivity index (χ0) is 14.4. The SMILES string of the molecule is C[C@@H](NC(=O)CNc1ccccc1)c1cccc(F)c1. The molecule has 0 radical (unpaired) electrons. The summed E-state index contributed by atoms with van der Waals surface area (Å²) in [5, 5.41) is 5.85. The molecule has 0 fully saturated rings. The third kappa shape index (κ3) is 4.09. The van der Waals surface area contributed by atoms with Crippen LogP contribution in [-0.2, 0) is 4.79 Å². The highest BCUT2D eigenvalue weighted by atomic mass is 19.1. The van der Waals surface area contributed by atoms with Crippen molar-refractivity contribution >= 4 is 11.6 Å². The van der Waals surface area contributed by atoms with Crippen molar-refractivity contribution in [2.45, 2.75) is 13.0 Å². The highest BCUT2D eigenvalue weighted by Crippen LogP contribution is 2.13. The number of carbonyl (C=O) groups excluding carboxylic acids is 1. The van der Waals surface area contributed by atoms with Gasteiger partial charge in [0, 0.05) is 5.69 Å². The van der Waals surface area contributed by atoms with E-state index in [-0.39, 0.29) is 24.3 Å². The van der Waals surface area contributed by atoms with Crippen molar-refractivity contribution in [3.8, 4) is 0 Å². The van der Waals surface area contributed by atoms with Crippen molar-refractivity contribution in [3.63, 3.8) is 0 Å². The minimum absolute atomic E-state index is 0.134. The second-order valence-corrected chi connectivity index (χ2v) is 4.56. The van der Waals surface area contributed by atoms with Gasteiger partial charge in [-0.25, -0.2) is 4.39 Å². The summed E-state index contributed by atoms with van der Waals surface area (Å²) in [4.78, 5) is 11.8. The minimum atomic E-state index is -0.300. The van der Waals surface area contributed by atoms with Gasteiger partial charge in [0.1, 0.15) is 5.82 Å². The Morgan fingerprint density at radius 1 is 1.15 bits per heavy atom. The first-order valence-corrected chi connectivity index (χ1v) is 6.49. The summed E-state index contributed by atoms with van der Waals surface area (Å²) in [6.07, 6.45) is 0. The molecule has 1 amide bonds. The molecule has 0 saturated heterocycles. The Kier molecular flexibility index (Phi) is 4.71. The monoisotopic (exact) mass is 272 g/mol. The lowest BCUT2D eigenvalue weighted by Gasteiger charge is -2.15. The van der Waals surface area contributed by atoms with Crippen LogP contribution in [0.1, 0.15) is 18.5 Å². The average Bonchev–Trinajstić information content (AvgIpc) is 2.46. The maximum absolute atomic E-state index is 13.1. The number of rotatable bonds is 5. The van der Waals surface area contributed by atoms with Gasteiger partial charge in [0.25, 0.3) is 0 Å². The third-order valence-corrected chi connectivity index (χ3v) is 2.95. The molecule has 2 rings (SSSR count). The normalized spacial score (nSPS) is 11.7. The van der Waals surface area contributed by atoms with E-state index < -0.39 is 0 Å². The van der Waals surface area contributed by atoms with Gasteiger partial charge in [-0.15, -0.1) is 0 Å². The Morgan fingerprint density at radius 3 is 2.60 bits per heavy atom. The first kappa shape index (κ1) is 14.1. The molecule has 2 aromatic carbocycles. The number of hydrogen-bond donors (Lipinski definition) is 2. The van der Waals surface area contributed by atoms with E-state index in [0.29, 0.717) is 0 Å². The lowest BCUT2D eigenvalue weighted by atomic mass is 10.1. The summed E-state index contributed by atoms with van der Waals surface area (Å²) in [7, 11) is 0. The van der Waals surface area contributed by atoms with Crippen LogP contribution in [0.4, 0.5) is 10.1 Å². The molecule has 20 heavy (non-hydrogen) atoms. The molecule has 1 atom stereocenters. The zero-order valence-electron chi connectivity index (χ0n) is 11.3. The van der Waals surface area contributed by atoms with E-state index >= 15 is 0 Å². The van der Waals surface area contributed by atoms with E-state index in [0.717, 1.165) is 11.3 Å². The van der Waals surface area contributed by atoms with E-state index in [9.17, 15) is 9.18 Å². The van der Waals surface area contributed by atoms with Crippen LogP contribution >= 0.6 is 0 Å². The number of amides is 1. The van der Waals surface area contributed by atoms with Crippen molar-refractivity contribution in [1.29, 1.82) is 0 Å². The molecule has 0 aliphatic heterocycles. The Hall–Kier alpha value is -2.36. The van der Waals surface area contributed by atoms with Crippen LogP contribution in [0.5, 0.6) is 0 Å². The quantitative estimate of drug-likeness (QED) is 0.878. The van der Waals surface area contributed by atoms with Crippen LogP contribution in [0.3, 0.4) is 0 Å². The molecular weight excluding hydrogens is 255 g/mol. The predicted molar refractivity (Wildman–Crippen MR) is 77.9 cm³/mol. The lowest BCUT2D eigenvalue weighted by molar-refractivity contribution is -0.120. The summed E-state index contributed by atoms with van der Waals surface area (Å²) < 4.78 is 13.1. The van der Waals surface area contributed by atoms with Crippen LogP contribution < -0.4 is 10.6 Å². The molecule has 0 heterocycles. The van der Waals surface area contributed by atoms with Crippen LogP contribution in [0.15, 0.2) is 54.6 Å². The first-order chi connectivity index (χ1) is 9.65. The average molecular weight is 272 g/mol. The molecule has 104 valence electrons. The van der Waals surface area contributed by atoms with Gasteiger partial charge in [0.05, 0.1) is 12.6 Å². The van der Waals surface area contributed by atoms with Gasteiger partial charge < -0.3 is 10.6 Å². The maximum atomic E-state index is 13.1. The van der Waals surface area contributed by atoms with Crippen LogP contribution in [0.25, 0.3) is 0 Å². The second kappa shape index (κ2) is 6.70. The largest absolute Gasteiger partial charge is 0.376 e. The number of anilines is 1. The van der Waals surface area contributed by atoms with Gasteiger partial charge in [-0.05, 0) is 36.8 Å². The van der Waals surface area contributed by atoms with E-state index in [2.05, 4.69) is 10.6 Å². The fraction of sp³-hybridized carbons (Fsp3) is 0.188. The van der Waals surface area contributed by atoms with Crippen molar-refractivity contribution < 1.29 is 9.18 Å². The topological polar surface area (TPSA) is 41.1 Å². The number of carbonyl (C=O) groups is 1. The van der Waals surface area contributed by atoms with Gasteiger partial charge >= 0.3 is 0 Å². The van der Waals surface area contributed by atoms with Crippen molar-refractivity contribution in [2.75, 3.05) is 11.9 Å². The molecule has 0 aromatic heterocycles. The maximum Gasteiger partial charge on any atom is 0.239 e. The van der Waals surface area contributed by atoms with Gasteiger partial charge in [-0.3, -0.25) is 4.79 Å². The molecule has 0 aliphatic carbocycles. The van der Waals surface area contributed by atoms with Crippen molar-refractivity contribution in [3.05, 3.63) is 66.0 Å². The minimum Gasteiger partial charge on any atom is -0.376 e. The molecule has 0 unspecified atom stereocenters. The molecule has 0 saturated carbocycles. The Morgan fingerprint density at radius 2 is 1.90 bits per heavy atom. The third-order valence-electron chi connectivity index (χ3n) is 2.95. The summed E-state index contributed by atoms with van der Waals surface area (Å²) in [5.41, 5.74) is 1.64. The predicted octanol–water partition coefficient (Wildman–Crippen LogP) is 3.12. The highest BCUT2D eigenvalue weighted by Gasteiger charge is 2.09. The fourth-order valence-electron chi connectivity index (χ4n) is 1.89. The Balaban J connectivity index is 1.85. The second-order valence-electron chi connectivity index (χ2n) is 4.56.